The number of nitrogens with one attached hydrogen (secondary N) is 2. The van der Waals surface area contributed by atoms with Crippen LogP contribution in [0.15, 0.2) is 77.7 Å². The zero-order chi connectivity index (χ0) is 22.2. The lowest BCUT2D eigenvalue weighted by atomic mass is 10.1. The van der Waals surface area contributed by atoms with Crippen LogP contribution in [0, 0.1) is 0 Å². The van der Waals surface area contributed by atoms with Crippen molar-refractivity contribution in [2.24, 2.45) is 0 Å². The van der Waals surface area contributed by atoms with Crippen LogP contribution in [0.4, 0.5) is 5.69 Å². The molecule has 7 heteroatoms. The molecule has 3 aromatic carbocycles. The van der Waals surface area contributed by atoms with E-state index in [-0.39, 0.29) is 18.2 Å². The first kappa shape index (κ1) is 22.2. The Morgan fingerprint density at radius 1 is 0.935 bits per heavy atom. The Morgan fingerprint density at radius 3 is 2.26 bits per heavy atom. The van der Waals surface area contributed by atoms with E-state index >= 15 is 0 Å². The molecule has 0 saturated carbocycles. The van der Waals surface area contributed by atoms with Crippen LogP contribution in [0.2, 0.25) is 0 Å². The number of carbonyl (C=O) groups excluding carboxylic acids is 2. The van der Waals surface area contributed by atoms with Gasteiger partial charge in [0.05, 0.1) is 13.5 Å². The molecule has 0 spiro atoms. The van der Waals surface area contributed by atoms with Crippen LogP contribution in [0.5, 0.6) is 5.75 Å². The summed E-state index contributed by atoms with van der Waals surface area (Å²) in [4.78, 5) is 25.3. The quantitative estimate of drug-likeness (QED) is 0.566. The van der Waals surface area contributed by atoms with E-state index in [1.165, 1.54) is 0 Å². The van der Waals surface area contributed by atoms with Crippen molar-refractivity contribution in [2.45, 2.75) is 17.9 Å². The lowest BCUT2D eigenvalue weighted by molar-refractivity contribution is -0.120. The van der Waals surface area contributed by atoms with Gasteiger partial charge in [0.15, 0.2) is 0 Å². The van der Waals surface area contributed by atoms with Gasteiger partial charge in [-0.1, -0.05) is 30.3 Å². The molecular weight excluding hydrogens is 412 g/mol. The number of hydrogen-bond donors (Lipinski definition) is 2. The minimum atomic E-state index is -1.11. The van der Waals surface area contributed by atoms with Crippen LogP contribution in [0.3, 0.4) is 0 Å². The highest BCUT2D eigenvalue weighted by Crippen LogP contribution is 2.15. The van der Waals surface area contributed by atoms with Gasteiger partial charge >= 0.3 is 0 Å². The number of carbonyl (C=O) groups is 2. The summed E-state index contributed by atoms with van der Waals surface area (Å²) in [6.45, 7) is 0.376. The summed E-state index contributed by atoms with van der Waals surface area (Å²) < 4.78 is 16.7. The minimum absolute atomic E-state index is 0.0832. The molecule has 0 saturated heterocycles. The highest BCUT2D eigenvalue weighted by molar-refractivity contribution is 7.84. The predicted molar refractivity (Wildman–Crippen MR) is 122 cm³/mol. The van der Waals surface area contributed by atoms with Crippen molar-refractivity contribution in [3.63, 3.8) is 0 Å². The molecule has 160 valence electrons. The Bertz CT molecular complexity index is 1080. The summed E-state index contributed by atoms with van der Waals surface area (Å²) in [6, 6.07) is 21.4. The lowest BCUT2D eigenvalue weighted by Gasteiger charge is -2.09. The van der Waals surface area contributed by atoms with Gasteiger partial charge in [0, 0.05) is 39.7 Å². The van der Waals surface area contributed by atoms with Gasteiger partial charge in [-0.05, 0) is 53.6 Å². The summed E-state index contributed by atoms with van der Waals surface area (Å²) in [5.41, 5.74) is 2.88. The molecule has 0 aromatic heterocycles. The summed E-state index contributed by atoms with van der Waals surface area (Å²) in [5.74, 6) is 0.413. The second-order valence-corrected chi connectivity index (χ2v) is 8.31. The molecule has 0 fully saturated rings. The second-order valence-electron chi connectivity index (χ2n) is 6.93. The number of methoxy groups -OCH3 is 1. The van der Waals surface area contributed by atoms with Crippen LogP contribution < -0.4 is 15.4 Å². The zero-order valence-electron chi connectivity index (χ0n) is 17.4. The van der Waals surface area contributed by atoms with Gasteiger partial charge in [0.25, 0.3) is 5.91 Å². The number of amides is 2. The molecular formula is C24H24N2O4S. The highest BCUT2D eigenvalue weighted by Gasteiger charge is 2.08. The SMILES string of the molecule is COc1ccc(CC(=O)NCc2ccc(C(=O)Nc3cccc(S(C)=O)c3)cc2)cc1. The lowest BCUT2D eigenvalue weighted by Crippen LogP contribution is -2.24. The third-order valence-corrected chi connectivity index (χ3v) is 5.57. The Morgan fingerprint density at radius 2 is 1.61 bits per heavy atom. The molecule has 2 amide bonds. The van der Waals surface area contributed by atoms with E-state index < -0.39 is 10.8 Å². The zero-order valence-corrected chi connectivity index (χ0v) is 18.2. The highest BCUT2D eigenvalue weighted by atomic mass is 32.2. The fourth-order valence-electron chi connectivity index (χ4n) is 2.92. The first-order valence-corrected chi connectivity index (χ1v) is 11.2. The van der Waals surface area contributed by atoms with Crippen molar-refractivity contribution in [3.8, 4) is 5.75 Å². The number of benzene rings is 3. The maximum absolute atomic E-state index is 12.5. The molecule has 0 heterocycles. The van der Waals surface area contributed by atoms with Gasteiger partial charge in [-0.25, -0.2) is 0 Å². The predicted octanol–water partition coefficient (Wildman–Crippen LogP) is 3.54. The van der Waals surface area contributed by atoms with E-state index in [0.717, 1.165) is 16.9 Å². The summed E-state index contributed by atoms with van der Waals surface area (Å²) in [6.07, 6.45) is 1.88. The maximum atomic E-state index is 12.5. The number of rotatable bonds is 8. The van der Waals surface area contributed by atoms with Crippen molar-refractivity contribution in [3.05, 3.63) is 89.5 Å². The third-order valence-electron chi connectivity index (χ3n) is 4.65. The van der Waals surface area contributed by atoms with E-state index in [4.69, 9.17) is 4.74 Å². The van der Waals surface area contributed by atoms with E-state index in [9.17, 15) is 13.8 Å². The first-order valence-electron chi connectivity index (χ1n) is 9.68. The van der Waals surface area contributed by atoms with Crippen LogP contribution in [-0.4, -0.2) is 29.4 Å². The largest absolute Gasteiger partial charge is 0.497 e. The van der Waals surface area contributed by atoms with Gasteiger partial charge < -0.3 is 15.4 Å². The van der Waals surface area contributed by atoms with E-state index in [1.807, 2.05) is 24.3 Å². The van der Waals surface area contributed by atoms with Crippen molar-refractivity contribution in [1.29, 1.82) is 0 Å². The molecule has 6 nitrogen and oxygen atoms in total. The normalized spacial score (nSPS) is 11.4. The van der Waals surface area contributed by atoms with Crippen molar-refractivity contribution in [1.82, 2.24) is 5.32 Å². The molecule has 0 aliphatic carbocycles. The molecule has 0 aliphatic heterocycles. The summed E-state index contributed by atoms with van der Waals surface area (Å²) in [7, 11) is 0.487. The summed E-state index contributed by atoms with van der Waals surface area (Å²) in [5, 5.41) is 5.69. The topological polar surface area (TPSA) is 84.5 Å². The number of hydrogen-bond acceptors (Lipinski definition) is 4. The van der Waals surface area contributed by atoms with Crippen molar-refractivity contribution < 1.29 is 18.5 Å². The van der Waals surface area contributed by atoms with Crippen LogP contribution in [0.1, 0.15) is 21.5 Å². The molecule has 3 rings (SSSR count). The van der Waals surface area contributed by atoms with Gasteiger partial charge in [-0.15, -0.1) is 0 Å². The van der Waals surface area contributed by atoms with Gasteiger partial charge in [0.1, 0.15) is 5.75 Å². The Kier molecular flexibility index (Phi) is 7.56. The Hall–Kier alpha value is -3.45. The molecule has 0 bridgehead atoms. The average Bonchev–Trinajstić information content (AvgIpc) is 2.78. The molecule has 31 heavy (non-hydrogen) atoms. The van der Waals surface area contributed by atoms with Crippen LogP contribution >= 0.6 is 0 Å². The molecule has 0 aliphatic rings. The minimum Gasteiger partial charge on any atom is -0.497 e. The molecule has 1 atom stereocenters. The Balaban J connectivity index is 1.52. The average molecular weight is 437 g/mol. The van der Waals surface area contributed by atoms with Crippen LogP contribution in [-0.2, 0) is 28.6 Å². The molecule has 1 unspecified atom stereocenters. The van der Waals surface area contributed by atoms with Gasteiger partial charge in [0.2, 0.25) is 5.91 Å². The molecule has 2 N–H and O–H groups in total. The molecule has 0 radical (unpaired) electrons. The monoisotopic (exact) mass is 436 g/mol. The second kappa shape index (κ2) is 10.5. The fourth-order valence-corrected chi connectivity index (χ4v) is 3.48. The van der Waals surface area contributed by atoms with Gasteiger partial charge in [-0.3, -0.25) is 13.8 Å². The van der Waals surface area contributed by atoms with Gasteiger partial charge in [-0.2, -0.15) is 0 Å². The third kappa shape index (κ3) is 6.52. The Labute approximate surface area is 184 Å². The standard InChI is InChI=1S/C24H24N2O4S/c1-30-21-12-8-17(9-13-21)14-23(27)25-16-18-6-10-19(11-7-18)24(28)26-20-4-3-5-22(15-20)31(2)29/h3-13,15H,14,16H2,1-2H3,(H,25,27)(H,26,28). The van der Waals surface area contributed by atoms with E-state index in [0.29, 0.717) is 22.7 Å². The van der Waals surface area contributed by atoms with Crippen molar-refractivity contribution >= 4 is 28.3 Å². The number of anilines is 1. The van der Waals surface area contributed by atoms with E-state index in [2.05, 4.69) is 10.6 Å². The number of ether oxygens (including phenoxy) is 1. The van der Waals surface area contributed by atoms with Crippen molar-refractivity contribution in [2.75, 3.05) is 18.7 Å². The first-order chi connectivity index (χ1) is 14.9. The van der Waals surface area contributed by atoms with Crippen LogP contribution in [0.25, 0.3) is 0 Å². The fraction of sp³-hybridized carbons (Fsp3) is 0.167. The summed E-state index contributed by atoms with van der Waals surface area (Å²) >= 11 is 0. The van der Waals surface area contributed by atoms with E-state index in [1.54, 1.807) is 61.9 Å². The smallest absolute Gasteiger partial charge is 0.255 e. The molecule has 3 aromatic rings. The maximum Gasteiger partial charge on any atom is 0.255 e.